The van der Waals surface area contributed by atoms with Gasteiger partial charge in [0.25, 0.3) is 0 Å². The van der Waals surface area contributed by atoms with E-state index in [9.17, 15) is 0 Å². The number of aromatic nitrogens is 1. The molecule has 0 fully saturated rings. The van der Waals surface area contributed by atoms with Crippen LogP contribution < -0.4 is 9.47 Å². The van der Waals surface area contributed by atoms with Gasteiger partial charge in [0.05, 0.1) is 28.4 Å². The Bertz CT molecular complexity index is 839. The van der Waals surface area contributed by atoms with E-state index in [4.69, 9.17) is 14.5 Å². The minimum atomic E-state index is 0.766. The number of hydrogen-bond acceptors (Lipinski definition) is 4. The molecule has 0 atom stereocenters. The zero-order chi connectivity index (χ0) is 31.3. The monoisotopic (exact) mass is 630 g/mol. The maximum Gasteiger partial charge on any atom is 0.163 e. The number of thiazole rings is 1. The van der Waals surface area contributed by atoms with Gasteiger partial charge in [-0.05, 0) is 19.8 Å². The van der Waals surface area contributed by atoms with Gasteiger partial charge in [0.15, 0.2) is 11.5 Å². The second-order valence-electron chi connectivity index (χ2n) is 13.4. The summed E-state index contributed by atoms with van der Waals surface area (Å²) in [4.78, 5) is 4.70. The molecular weight excluding hydrogens is 559 g/mol. The maximum absolute atomic E-state index is 6.29. The Labute approximate surface area is 277 Å². The lowest BCUT2D eigenvalue weighted by molar-refractivity contribution is 0.259. The Morgan fingerprint density at radius 1 is 0.455 bits per heavy atom. The molecule has 2 rings (SSSR count). The molecule has 0 radical (unpaired) electrons. The zero-order valence-electron chi connectivity index (χ0n) is 29.5. The van der Waals surface area contributed by atoms with Crippen molar-refractivity contribution < 1.29 is 9.47 Å². The van der Waals surface area contributed by atoms with Crippen molar-refractivity contribution in [2.24, 2.45) is 0 Å². The van der Waals surface area contributed by atoms with Crippen molar-refractivity contribution in [3.8, 4) is 11.5 Å². The molecule has 2 aromatic rings. The fourth-order valence-electron chi connectivity index (χ4n) is 6.23. The van der Waals surface area contributed by atoms with Crippen molar-refractivity contribution in [1.82, 2.24) is 4.98 Å². The molecule has 254 valence electrons. The highest BCUT2D eigenvalue weighted by Gasteiger charge is 2.11. The molecule has 0 aliphatic heterocycles. The number of rotatable bonds is 32. The van der Waals surface area contributed by atoms with Crippen molar-refractivity contribution in [3.63, 3.8) is 0 Å². The number of ether oxygens (including phenoxy) is 2. The third-order valence-electron chi connectivity index (χ3n) is 9.07. The highest BCUT2D eigenvalue weighted by atomic mass is 32.1. The van der Waals surface area contributed by atoms with E-state index in [1.54, 1.807) is 11.3 Å². The normalized spacial score (nSPS) is 11.5. The van der Waals surface area contributed by atoms with Crippen LogP contribution in [0.2, 0.25) is 0 Å². The van der Waals surface area contributed by atoms with Crippen LogP contribution in [-0.4, -0.2) is 18.2 Å². The molecule has 0 saturated carbocycles. The summed E-state index contributed by atoms with van der Waals surface area (Å²) in [5.41, 5.74) is 1.03. The van der Waals surface area contributed by atoms with Crippen molar-refractivity contribution in [2.75, 3.05) is 13.2 Å². The van der Waals surface area contributed by atoms with Crippen LogP contribution in [0.25, 0.3) is 10.2 Å². The van der Waals surface area contributed by atoms with Gasteiger partial charge in [-0.1, -0.05) is 181 Å². The lowest BCUT2D eigenvalue weighted by atomic mass is 10.0. The molecule has 4 heteroatoms. The van der Waals surface area contributed by atoms with Crippen molar-refractivity contribution >= 4 is 21.6 Å². The summed E-state index contributed by atoms with van der Waals surface area (Å²) in [6.07, 6.45) is 38.6. The summed E-state index contributed by atoms with van der Waals surface area (Å²) in [7, 11) is 0. The average Bonchev–Trinajstić information content (AvgIpc) is 3.39. The fraction of sp³-hybridized carbons (Fsp3) is 0.825. The van der Waals surface area contributed by atoms with E-state index in [-0.39, 0.29) is 0 Å². The van der Waals surface area contributed by atoms with Crippen LogP contribution in [0.1, 0.15) is 199 Å². The Kier molecular flexibility index (Phi) is 24.7. The molecule has 0 aliphatic carbocycles. The Hall–Kier alpha value is -1.29. The largest absolute Gasteiger partial charge is 0.490 e. The molecule has 3 nitrogen and oxygen atoms in total. The SMILES string of the molecule is CCCCCCCCCCCCCCCCOc1cc2nc(C)sc2cc1OCCCCCCCCCCCCCCCC. The van der Waals surface area contributed by atoms with E-state index in [0.29, 0.717) is 0 Å². The van der Waals surface area contributed by atoms with Crippen LogP contribution in [0.15, 0.2) is 12.1 Å². The summed E-state index contributed by atoms with van der Waals surface area (Å²) in [5, 5.41) is 1.10. The van der Waals surface area contributed by atoms with Gasteiger partial charge in [-0.25, -0.2) is 4.98 Å². The summed E-state index contributed by atoms with van der Waals surface area (Å²) in [5.74, 6) is 1.78. The number of aryl methyl sites for hydroxylation is 1. The summed E-state index contributed by atoms with van der Waals surface area (Å²) in [6, 6.07) is 4.26. The maximum atomic E-state index is 6.29. The molecule has 0 aliphatic rings. The molecule has 0 amide bonds. The molecule has 0 saturated heterocycles. The number of hydrogen-bond donors (Lipinski definition) is 0. The summed E-state index contributed by atoms with van der Waals surface area (Å²) < 4.78 is 13.8. The van der Waals surface area contributed by atoms with Crippen LogP contribution >= 0.6 is 11.3 Å². The second-order valence-corrected chi connectivity index (χ2v) is 14.6. The molecular formula is C40H71NO2S. The van der Waals surface area contributed by atoms with Crippen molar-refractivity contribution in [3.05, 3.63) is 17.1 Å². The fourth-order valence-corrected chi connectivity index (χ4v) is 7.07. The van der Waals surface area contributed by atoms with E-state index in [0.717, 1.165) is 48.1 Å². The molecule has 1 aromatic heterocycles. The molecule has 0 spiro atoms. The van der Waals surface area contributed by atoms with Crippen LogP contribution in [0, 0.1) is 6.92 Å². The van der Waals surface area contributed by atoms with Gasteiger partial charge >= 0.3 is 0 Å². The predicted molar refractivity (Wildman–Crippen MR) is 196 cm³/mol. The lowest BCUT2D eigenvalue weighted by Crippen LogP contribution is -2.03. The van der Waals surface area contributed by atoms with Gasteiger partial charge in [-0.15, -0.1) is 11.3 Å². The highest BCUT2D eigenvalue weighted by Crippen LogP contribution is 2.35. The lowest BCUT2D eigenvalue weighted by Gasteiger charge is -2.13. The minimum absolute atomic E-state index is 0.766. The first-order valence-electron chi connectivity index (χ1n) is 19.4. The van der Waals surface area contributed by atoms with Gasteiger partial charge in [0.2, 0.25) is 0 Å². The van der Waals surface area contributed by atoms with E-state index >= 15 is 0 Å². The molecule has 0 unspecified atom stereocenters. The van der Waals surface area contributed by atoms with E-state index in [1.807, 2.05) is 0 Å². The Morgan fingerprint density at radius 3 is 1.14 bits per heavy atom. The third-order valence-corrected chi connectivity index (χ3v) is 10.0. The number of fused-ring (bicyclic) bond motifs is 1. The first kappa shape index (κ1) is 38.9. The van der Waals surface area contributed by atoms with Crippen LogP contribution in [-0.2, 0) is 0 Å². The molecule has 0 N–H and O–H groups in total. The van der Waals surface area contributed by atoms with Crippen molar-refractivity contribution in [2.45, 2.75) is 201 Å². The average molecular weight is 630 g/mol. The van der Waals surface area contributed by atoms with Crippen LogP contribution in [0.5, 0.6) is 11.5 Å². The standard InChI is InChI=1S/C40H71NO2S/c1-4-6-8-10-12-14-16-18-20-22-24-26-28-30-32-42-38-34-37-40(44-36(3)41-37)35-39(38)43-33-31-29-27-25-23-21-19-17-15-13-11-9-7-5-2/h34-35H,4-33H2,1-3H3. The van der Waals surface area contributed by atoms with E-state index in [1.165, 1.54) is 172 Å². The number of unbranched alkanes of at least 4 members (excludes halogenated alkanes) is 26. The Balaban J connectivity index is 1.51. The quantitative estimate of drug-likeness (QED) is 0.0754. The molecule has 0 bridgehead atoms. The number of nitrogens with zero attached hydrogens (tertiary/aromatic N) is 1. The third kappa shape index (κ3) is 20.0. The first-order chi connectivity index (χ1) is 21.7. The topological polar surface area (TPSA) is 31.4 Å². The summed E-state index contributed by atoms with van der Waals surface area (Å²) in [6.45, 7) is 8.21. The Morgan fingerprint density at radius 2 is 0.773 bits per heavy atom. The minimum Gasteiger partial charge on any atom is -0.490 e. The van der Waals surface area contributed by atoms with Gasteiger partial charge in [-0.2, -0.15) is 0 Å². The summed E-state index contributed by atoms with van der Waals surface area (Å²) >= 11 is 1.74. The van der Waals surface area contributed by atoms with Gasteiger partial charge < -0.3 is 9.47 Å². The second kappa shape index (κ2) is 28.0. The predicted octanol–water partition coefficient (Wildman–Crippen LogP) is 14.3. The van der Waals surface area contributed by atoms with Gasteiger partial charge in [0.1, 0.15) is 0 Å². The van der Waals surface area contributed by atoms with Crippen molar-refractivity contribution in [1.29, 1.82) is 0 Å². The van der Waals surface area contributed by atoms with E-state index < -0.39 is 0 Å². The van der Waals surface area contributed by atoms with Crippen LogP contribution in [0.3, 0.4) is 0 Å². The van der Waals surface area contributed by atoms with Gasteiger partial charge in [-0.3, -0.25) is 0 Å². The molecule has 1 aromatic carbocycles. The van der Waals surface area contributed by atoms with Gasteiger partial charge in [0, 0.05) is 12.1 Å². The smallest absolute Gasteiger partial charge is 0.163 e. The zero-order valence-corrected chi connectivity index (χ0v) is 30.4. The highest BCUT2D eigenvalue weighted by molar-refractivity contribution is 7.18. The first-order valence-corrected chi connectivity index (χ1v) is 20.2. The number of benzene rings is 1. The molecule has 1 heterocycles. The van der Waals surface area contributed by atoms with E-state index in [2.05, 4.69) is 32.9 Å². The molecule has 44 heavy (non-hydrogen) atoms. The van der Waals surface area contributed by atoms with Crippen LogP contribution in [0.4, 0.5) is 0 Å².